The molecule has 0 bridgehead atoms. The Morgan fingerprint density at radius 2 is 1.70 bits per heavy atom. The SMILES string of the molecule is Cc1ccc(S(=O)(=O)n2cc(C)c3ccc(C4(Cc5ccncc5)CCN(C(=O)OC(C)(C)C)C4=O)cc32)cc1. The summed E-state index contributed by atoms with van der Waals surface area (Å²) in [4.78, 5) is 32.6. The molecule has 1 saturated heterocycles. The monoisotopic (exact) mass is 559 g/mol. The number of amides is 2. The first-order valence-electron chi connectivity index (χ1n) is 13.2. The second kappa shape index (κ2) is 9.89. The first-order chi connectivity index (χ1) is 18.8. The second-order valence-corrected chi connectivity index (χ2v) is 13.3. The predicted molar refractivity (Wildman–Crippen MR) is 153 cm³/mol. The van der Waals surface area contributed by atoms with Crippen LogP contribution in [0.5, 0.6) is 0 Å². The van der Waals surface area contributed by atoms with Gasteiger partial charge in [0.1, 0.15) is 5.60 Å². The van der Waals surface area contributed by atoms with Gasteiger partial charge in [0.2, 0.25) is 5.91 Å². The van der Waals surface area contributed by atoms with Crippen molar-refractivity contribution in [2.75, 3.05) is 6.54 Å². The maximum absolute atomic E-state index is 14.1. The van der Waals surface area contributed by atoms with Crippen LogP contribution in [0.2, 0.25) is 0 Å². The number of nitrogens with zero attached hydrogens (tertiary/aromatic N) is 3. The van der Waals surface area contributed by atoms with Crippen molar-refractivity contribution in [1.82, 2.24) is 13.9 Å². The molecule has 0 aliphatic carbocycles. The molecule has 5 rings (SSSR count). The number of aryl methyl sites for hydroxylation is 2. The van der Waals surface area contributed by atoms with E-state index in [1.165, 1.54) is 8.87 Å². The molecule has 0 saturated carbocycles. The lowest BCUT2D eigenvalue weighted by Gasteiger charge is -2.29. The molecule has 0 N–H and O–H groups in total. The van der Waals surface area contributed by atoms with E-state index in [0.29, 0.717) is 23.9 Å². The first kappa shape index (κ1) is 27.6. The van der Waals surface area contributed by atoms with Crippen LogP contribution in [0.3, 0.4) is 0 Å². The van der Waals surface area contributed by atoms with Gasteiger partial charge in [-0.2, -0.15) is 0 Å². The average Bonchev–Trinajstić information content (AvgIpc) is 3.41. The summed E-state index contributed by atoms with van der Waals surface area (Å²) >= 11 is 0. The number of carbonyl (C=O) groups is 2. The van der Waals surface area contributed by atoms with E-state index in [2.05, 4.69) is 4.98 Å². The third-order valence-corrected chi connectivity index (χ3v) is 9.08. The predicted octanol–water partition coefficient (Wildman–Crippen LogP) is 5.54. The van der Waals surface area contributed by atoms with Crippen LogP contribution in [0.15, 0.2) is 78.1 Å². The van der Waals surface area contributed by atoms with Gasteiger partial charge in [-0.3, -0.25) is 9.78 Å². The molecule has 2 aromatic heterocycles. The maximum Gasteiger partial charge on any atom is 0.417 e. The van der Waals surface area contributed by atoms with Crippen LogP contribution in [0.25, 0.3) is 10.9 Å². The highest BCUT2D eigenvalue weighted by Crippen LogP contribution is 2.41. The Hall–Kier alpha value is -3.98. The van der Waals surface area contributed by atoms with Gasteiger partial charge in [-0.05, 0) is 94.5 Å². The summed E-state index contributed by atoms with van der Waals surface area (Å²) in [5.74, 6) is -0.367. The van der Waals surface area contributed by atoms with Gasteiger partial charge >= 0.3 is 6.09 Å². The van der Waals surface area contributed by atoms with Gasteiger partial charge in [0.15, 0.2) is 0 Å². The Labute approximate surface area is 234 Å². The van der Waals surface area contributed by atoms with E-state index in [4.69, 9.17) is 4.74 Å². The molecule has 1 unspecified atom stereocenters. The van der Waals surface area contributed by atoms with Crippen molar-refractivity contribution in [3.63, 3.8) is 0 Å². The van der Waals surface area contributed by atoms with Crippen molar-refractivity contribution in [1.29, 1.82) is 0 Å². The minimum atomic E-state index is -3.90. The van der Waals surface area contributed by atoms with Gasteiger partial charge in [-0.15, -0.1) is 0 Å². The van der Waals surface area contributed by atoms with Gasteiger partial charge in [-0.1, -0.05) is 29.8 Å². The number of aromatic nitrogens is 2. The van der Waals surface area contributed by atoms with Gasteiger partial charge < -0.3 is 4.74 Å². The number of pyridine rings is 1. The highest BCUT2D eigenvalue weighted by atomic mass is 32.2. The van der Waals surface area contributed by atoms with Crippen LogP contribution >= 0.6 is 0 Å². The Kier molecular flexibility index (Phi) is 6.82. The number of ether oxygens (including phenoxy) is 1. The molecular formula is C31H33N3O5S. The molecule has 1 fully saturated rings. The molecule has 208 valence electrons. The number of carbonyl (C=O) groups excluding carboxylic acids is 2. The van der Waals surface area contributed by atoms with Crippen molar-refractivity contribution >= 4 is 32.9 Å². The van der Waals surface area contributed by atoms with Crippen LogP contribution in [0, 0.1) is 13.8 Å². The van der Waals surface area contributed by atoms with E-state index >= 15 is 0 Å². The molecule has 0 radical (unpaired) electrons. The van der Waals surface area contributed by atoms with Crippen LogP contribution in [0.1, 0.15) is 49.4 Å². The van der Waals surface area contributed by atoms with E-state index in [1.54, 1.807) is 69.7 Å². The lowest BCUT2D eigenvalue weighted by atomic mass is 9.74. The van der Waals surface area contributed by atoms with Gasteiger partial charge in [0.05, 0.1) is 15.8 Å². The Bertz CT molecular complexity index is 1700. The minimum Gasteiger partial charge on any atom is -0.443 e. The summed E-state index contributed by atoms with van der Waals surface area (Å²) in [7, 11) is -3.90. The molecule has 3 heterocycles. The summed E-state index contributed by atoms with van der Waals surface area (Å²) < 4.78 is 34.3. The first-order valence-corrected chi connectivity index (χ1v) is 14.6. The quantitative estimate of drug-likeness (QED) is 0.319. The molecule has 4 aromatic rings. The normalized spacial score (nSPS) is 17.9. The molecule has 9 heteroatoms. The fraction of sp³-hybridized carbons (Fsp3) is 0.323. The number of likely N-dealkylation sites (tertiary alicyclic amines) is 1. The third-order valence-electron chi connectivity index (χ3n) is 7.39. The van der Waals surface area contributed by atoms with Gasteiger partial charge in [-0.25, -0.2) is 22.1 Å². The van der Waals surface area contributed by atoms with E-state index in [1.807, 2.05) is 38.1 Å². The van der Waals surface area contributed by atoms with Crippen molar-refractivity contribution in [2.45, 2.75) is 63.4 Å². The van der Waals surface area contributed by atoms with Crippen LogP contribution in [0.4, 0.5) is 4.79 Å². The molecule has 1 aliphatic heterocycles. The minimum absolute atomic E-state index is 0.181. The molecular weight excluding hydrogens is 526 g/mol. The zero-order chi connectivity index (χ0) is 28.9. The summed E-state index contributed by atoms with van der Waals surface area (Å²) in [5.41, 5.74) is 1.92. The number of hydrogen-bond acceptors (Lipinski definition) is 6. The molecule has 8 nitrogen and oxygen atoms in total. The van der Waals surface area contributed by atoms with Crippen LogP contribution in [-0.2, 0) is 31.4 Å². The summed E-state index contributed by atoms with van der Waals surface area (Å²) in [6.07, 6.45) is 4.95. The Balaban J connectivity index is 1.65. The Morgan fingerprint density at radius 3 is 2.35 bits per heavy atom. The third kappa shape index (κ3) is 4.90. The smallest absolute Gasteiger partial charge is 0.417 e. The number of benzene rings is 2. The van der Waals surface area contributed by atoms with Crippen molar-refractivity contribution in [3.8, 4) is 0 Å². The van der Waals surface area contributed by atoms with E-state index in [9.17, 15) is 18.0 Å². The maximum atomic E-state index is 14.1. The summed E-state index contributed by atoms with van der Waals surface area (Å²) in [6, 6.07) is 15.9. The number of imide groups is 1. The van der Waals surface area contributed by atoms with Gasteiger partial charge in [0, 0.05) is 30.5 Å². The molecule has 40 heavy (non-hydrogen) atoms. The number of hydrogen-bond donors (Lipinski definition) is 0. The Morgan fingerprint density at radius 1 is 1.02 bits per heavy atom. The van der Waals surface area contributed by atoms with Crippen molar-refractivity contribution < 1.29 is 22.7 Å². The topological polar surface area (TPSA) is 98.6 Å². The van der Waals surface area contributed by atoms with Crippen molar-refractivity contribution in [3.05, 3.63) is 95.4 Å². The largest absolute Gasteiger partial charge is 0.443 e. The molecule has 1 atom stereocenters. The fourth-order valence-corrected chi connectivity index (χ4v) is 6.74. The van der Waals surface area contributed by atoms with Crippen LogP contribution < -0.4 is 0 Å². The molecule has 1 aliphatic rings. The second-order valence-electron chi connectivity index (χ2n) is 11.5. The fourth-order valence-electron chi connectivity index (χ4n) is 5.33. The van der Waals surface area contributed by atoms with E-state index in [-0.39, 0.29) is 17.3 Å². The standard InChI is InChI=1S/C31H33N3O5S/c1-21-6-9-25(10-7-21)40(37,38)34-20-22(2)26-11-8-24(18-27(26)34)31(19-23-12-15-32-16-13-23)14-17-33(28(31)35)29(36)39-30(3,4)5/h6-13,15-16,18,20H,14,17,19H2,1-5H3. The highest BCUT2D eigenvalue weighted by Gasteiger charge is 2.51. The number of rotatable bonds is 5. The van der Waals surface area contributed by atoms with E-state index < -0.39 is 27.1 Å². The average molecular weight is 560 g/mol. The lowest BCUT2D eigenvalue weighted by molar-refractivity contribution is -0.131. The number of fused-ring (bicyclic) bond motifs is 1. The lowest BCUT2D eigenvalue weighted by Crippen LogP contribution is -2.44. The zero-order valence-electron chi connectivity index (χ0n) is 23.3. The van der Waals surface area contributed by atoms with Gasteiger partial charge in [0.25, 0.3) is 10.0 Å². The van der Waals surface area contributed by atoms with Crippen LogP contribution in [-0.4, -0.2) is 46.4 Å². The molecule has 2 amide bonds. The van der Waals surface area contributed by atoms with E-state index in [0.717, 1.165) is 22.1 Å². The molecule has 2 aromatic carbocycles. The summed E-state index contributed by atoms with van der Waals surface area (Å²) in [6.45, 7) is 9.23. The zero-order valence-corrected chi connectivity index (χ0v) is 24.2. The molecule has 0 spiro atoms. The highest BCUT2D eigenvalue weighted by molar-refractivity contribution is 7.90. The summed E-state index contributed by atoms with van der Waals surface area (Å²) in [5, 5.41) is 0.771. The van der Waals surface area contributed by atoms with Crippen molar-refractivity contribution in [2.24, 2.45) is 0 Å².